The van der Waals surface area contributed by atoms with Crippen molar-refractivity contribution in [1.82, 2.24) is 10.2 Å². The van der Waals surface area contributed by atoms with E-state index in [0.29, 0.717) is 5.41 Å². The third kappa shape index (κ3) is 2.05. The van der Waals surface area contributed by atoms with Crippen molar-refractivity contribution in [2.75, 3.05) is 26.2 Å². The topological polar surface area (TPSA) is 15.3 Å². The summed E-state index contributed by atoms with van der Waals surface area (Å²) in [7, 11) is 0. The minimum Gasteiger partial charge on any atom is -0.314 e. The quantitative estimate of drug-likeness (QED) is 0.693. The van der Waals surface area contributed by atoms with E-state index in [1.807, 2.05) is 0 Å². The summed E-state index contributed by atoms with van der Waals surface area (Å²) in [5.41, 5.74) is 0.643. The summed E-state index contributed by atoms with van der Waals surface area (Å²) >= 11 is 0. The highest BCUT2D eigenvalue weighted by Crippen LogP contribution is 2.51. The van der Waals surface area contributed by atoms with Crippen molar-refractivity contribution in [2.24, 2.45) is 11.3 Å². The van der Waals surface area contributed by atoms with Gasteiger partial charge in [0.1, 0.15) is 0 Å². The second-order valence-electron chi connectivity index (χ2n) is 5.44. The van der Waals surface area contributed by atoms with Crippen LogP contribution in [0, 0.1) is 11.3 Å². The van der Waals surface area contributed by atoms with E-state index in [2.05, 4.69) is 31.0 Å². The second-order valence-corrected chi connectivity index (χ2v) is 5.44. The standard InChI is InChI=1S/C11H22N2/c1-9-7-12-4-5-13(9)8-10-6-11(10,2)3/h9-10,12H,4-8H2,1-3H3. The van der Waals surface area contributed by atoms with Crippen LogP contribution in [0.15, 0.2) is 0 Å². The van der Waals surface area contributed by atoms with Gasteiger partial charge in [0.2, 0.25) is 0 Å². The Morgan fingerprint density at radius 2 is 2.15 bits per heavy atom. The number of hydrogen-bond donors (Lipinski definition) is 1. The van der Waals surface area contributed by atoms with Crippen molar-refractivity contribution >= 4 is 0 Å². The molecule has 0 aromatic carbocycles. The maximum Gasteiger partial charge on any atom is 0.0193 e. The molecule has 0 aromatic heterocycles. The Balaban J connectivity index is 1.81. The lowest BCUT2D eigenvalue weighted by Gasteiger charge is -2.34. The number of nitrogens with one attached hydrogen (secondary N) is 1. The third-order valence-corrected chi connectivity index (χ3v) is 3.81. The molecule has 0 spiro atoms. The van der Waals surface area contributed by atoms with E-state index in [-0.39, 0.29) is 0 Å². The summed E-state index contributed by atoms with van der Waals surface area (Å²) in [6.07, 6.45) is 1.43. The molecule has 2 rings (SSSR count). The molecule has 1 heterocycles. The molecule has 13 heavy (non-hydrogen) atoms. The van der Waals surface area contributed by atoms with Crippen LogP contribution in [0.25, 0.3) is 0 Å². The largest absolute Gasteiger partial charge is 0.314 e. The minimum absolute atomic E-state index is 0.643. The van der Waals surface area contributed by atoms with E-state index in [4.69, 9.17) is 0 Å². The predicted octanol–water partition coefficient (Wildman–Crippen LogP) is 1.33. The molecule has 0 bridgehead atoms. The van der Waals surface area contributed by atoms with Crippen LogP contribution >= 0.6 is 0 Å². The van der Waals surface area contributed by atoms with Gasteiger partial charge in [-0.25, -0.2) is 0 Å². The van der Waals surface area contributed by atoms with Crippen LogP contribution in [0.4, 0.5) is 0 Å². The molecule has 1 saturated carbocycles. The van der Waals surface area contributed by atoms with Crippen LogP contribution in [0.1, 0.15) is 27.2 Å². The highest BCUT2D eigenvalue weighted by Gasteiger charge is 2.46. The first kappa shape index (κ1) is 9.47. The number of hydrogen-bond acceptors (Lipinski definition) is 2. The summed E-state index contributed by atoms with van der Waals surface area (Å²) in [4.78, 5) is 2.65. The first-order valence-electron chi connectivity index (χ1n) is 5.54. The lowest BCUT2D eigenvalue weighted by molar-refractivity contribution is 0.160. The molecule has 1 N–H and O–H groups in total. The van der Waals surface area contributed by atoms with Gasteiger partial charge in [-0.2, -0.15) is 0 Å². The first-order valence-corrected chi connectivity index (χ1v) is 5.54. The Hall–Kier alpha value is -0.0800. The van der Waals surface area contributed by atoms with E-state index in [1.165, 1.54) is 32.6 Å². The molecular weight excluding hydrogens is 160 g/mol. The lowest BCUT2D eigenvalue weighted by Crippen LogP contribution is -2.50. The number of rotatable bonds is 2. The Morgan fingerprint density at radius 3 is 2.69 bits per heavy atom. The molecule has 0 amide bonds. The van der Waals surface area contributed by atoms with E-state index < -0.39 is 0 Å². The van der Waals surface area contributed by atoms with Crippen molar-refractivity contribution in [3.63, 3.8) is 0 Å². The molecule has 0 aromatic rings. The van der Waals surface area contributed by atoms with E-state index in [1.54, 1.807) is 0 Å². The molecule has 2 atom stereocenters. The van der Waals surface area contributed by atoms with Crippen molar-refractivity contribution < 1.29 is 0 Å². The van der Waals surface area contributed by atoms with Gasteiger partial charge in [-0.15, -0.1) is 0 Å². The lowest BCUT2D eigenvalue weighted by atomic mass is 10.1. The van der Waals surface area contributed by atoms with Gasteiger partial charge < -0.3 is 5.32 Å². The maximum absolute atomic E-state index is 3.44. The monoisotopic (exact) mass is 182 g/mol. The highest BCUT2D eigenvalue weighted by atomic mass is 15.2. The highest BCUT2D eigenvalue weighted by molar-refractivity contribution is 4.97. The maximum atomic E-state index is 3.44. The van der Waals surface area contributed by atoms with Crippen molar-refractivity contribution in [3.05, 3.63) is 0 Å². The van der Waals surface area contributed by atoms with Gasteiger partial charge in [0, 0.05) is 32.2 Å². The van der Waals surface area contributed by atoms with Crippen LogP contribution < -0.4 is 5.32 Å². The van der Waals surface area contributed by atoms with Gasteiger partial charge in [0.25, 0.3) is 0 Å². The Labute approximate surface area is 81.7 Å². The normalized spacial score (nSPS) is 39.0. The SMILES string of the molecule is CC1CNCCN1CC1CC1(C)C. The third-order valence-electron chi connectivity index (χ3n) is 3.81. The molecule has 2 nitrogen and oxygen atoms in total. The van der Waals surface area contributed by atoms with Gasteiger partial charge in [0.15, 0.2) is 0 Å². The molecule has 2 fully saturated rings. The molecule has 1 saturated heterocycles. The Morgan fingerprint density at radius 1 is 1.46 bits per heavy atom. The Kier molecular flexibility index (Phi) is 2.37. The summed E-state index contributed by atoms with van der Waals surface area (Å²) in [6, 6.07) is 0.741. The van der Waals surface area contributed by atoms with Crippen LogP contribution in [0.5, 0.6) is 0 Å². The number of piperazine rings is 1. The summed E-state index contributed by atoms with van der Waals surface area (Å²) < 4.78 is 0. The Bertz CT molecular complexity index is 189. The average molecular weight is 182 g/mol. The van der Waals surface area contributed by atoms with Gasteiger partial charge in [-0.1, -0.05) is 13.8 Å². The fourth-order valence-corrected chi connectivity index (χ4v) is 2.33. The molecule has 2 aliphatic rings. The molecule has 2 unspecified atom stereocenters. The minimum atomic E-state index is 0.643. The zero-order chi connectivity index (χ0) is 9.47. The average Bonchev–Trinajstić information content (AvgIpc) is 2.64. The summed E-state index contributed by atoms with van der Waals surface area (Å²) in [6.45, 7) is 12.0. The molecule has 76 valence electrons. The molecule has 1 aliphatic heterocycles. The van der Waals surface area contributed by atoms with E-state index in [9.17, 15) is 0 Å². The zero-order valence-electron chi connectivity index (χ0n) is 9.14. The molecular formula is C11H22N2. The number of nitrogens with zero attached hydrogens (tertiary/aromatic N) is 1. The zero-order valence-corrected chi connectivity index (χ0v) is 9.14. The predicted molar refractivity (Wildman–Crippen MR) is 55.8 cm³/mol. The smallest absolute Gasteiger partial charge is 0.0193 e. The first-order chi connectivity index (χ1) is 6.09. The van der Waals surface area contributed by atoms with Crippen LogP contribution in [0.3, 0.4) is 0 Å². The van der Waals surface area contributed by atoms with Gasteiger partial charge in [0.05, 0.1) is 0 Å². The summed E-state index contributed by atoms with van der Waals surface area (Å²) in [5.74, 6) is 0.966. The van der Waals surface area contributed by atoms with E-state index >= 15 is 0 Å². The fraction of sp³-hybridized carbons (Fsp3) is 1.00. The molecule has 0 radical (unpaired) electrons. The molecule has 2 heteroatoms. The fourth-order valence-electron chi connectivity index (χ4n) is 2.33. The van der Waals surface area contributed by atoms with Gasteiger partial charge >= 0.3 is 0 Å². The van der Waals surface area contributed by atoms with Crippen molar-refractivity contribution in [3.8, 4) is 0 Å². The van der Waals surface area contributed by atoms with Gasteiger partial charge in [-0.3, -0.25) is 4.90 Å². The van der Waals surface area contributed by atoms with Crippen molar-refractivity contribution in [2.45, 2.75) is 33.2 Å². The van der Waals surface area contributed by atoms with E-state index in [0.717, 1.165) is 12.0 Å². The van der Waals surface area contributed by atoms with Gasteiger partial charge in [-0.05, 0) is 24.7 Å². The summed E-state index contributed by atoms with van der Waals surface area (Å²) in [5, 5.41) is 3.44. The molecule has 1 aliphatic carbocycles. The van der Waals surface area contributed by atoms with Crippen LogP contribution in [-0.4, -0.2) is 37.1 Å². The second kappa shape index (κ2) is 3.25. The van der Waals surface area contributed by atoms with Crippen LogP contribution in [-0.2, 0) is 0 Å². The van der Waals surface area contributed by atoms with Crippen LogP contribution in [0.2, 0.25) is 0 Å². The van der Waals surface area contributed by atoms with Crippen molar-refractivity contribution in [1.29, 1.82) is 0 Å².